The molecule has 0 heterocycles. The van der Waals surface area contributed by atoms with E-state index in [4.69, 9.17) is 4.74 Å². The van der Waals surface area contributed by atoms with Gasteiger partial charge < -0.3 is 4.74 Å². The second-order valence-corrected chi connectivity index (χ2v) is 5.26. The second kappa shape index (κ2) is 10.2. The van der Waals surface area contributed by atoms with Crippen LogP contribution in [0.15, 0.2) is 12.2 Å². The fourth-order valence-corrected chi connectivity index (χ4v) is 2.33. The Morgan fingerprint density at radius 3 is 2.39 bits per heavy atom. The number of hydrogen-bond acceptors (Lipinski definition) is 2. The molecule has 0 aromatic carbocycles. The molecule has 0 unspecified atom stereocenters. The van der Waals surface area contributed by atoms with Crippen LogP contribution in [0, 0.1) is 0 Å². The largest absolute Gasteiger partial charge is 0.458 e. The minimum absolute atomic E-state index is 0.0162. The molecule has 2 heteroatoms. The Labute approximate surface area is 112 Å². The van der Waals surface area contributed by atoms with Gasteiger partial charge in [0, 0.05) is 6.42 Å². The van der Waals surface area contributed by atoms with Gasteiger partial charge in [-0.05, 0) is 25.3 Å². The Kier molecular flexibility index (Phi) is 8.62. The number of hydrogen-bond donors (Lipinski definition) is 0. The van der Waals surface area contributed by atoms with Gasteiger partial charge in [0.25, 0.3) is 0 Å². The lowest BCUT2D eigenvalue weighted by molar-refractivity contribution is -0.146. The monoisotopic (exact) mass is 252 g/mol. The van der Waals surface area contributed by atoms with E-state index in [9.17, 15) is 4.79 Å². The molecule has 0 amide bonds. The Bertz CT molecular complexity index is 245. The van der Waals surface area contributed by atoms with Gasteiger partial charge in [-0.3, -0.25) is 4.79 Å². The van der Waals surface area contributed by atoms with Crippen molar-refractivity contribution >= 4 is 5.97 Å². The van der Waals surface area contributed by atoms with Crippen molar-refractivity contribution in [3.63, 3.8) is 0 Å². The molecule has 1 rings (SSSR count). The zero-order valence-electron chi connectivity index (χ0n) is 11.8. The first-order valence-corrected chi connectivity index (χ1v) is 7.69. The number of esters is 1. The number of allylic oxidation sites excluding steroid dienone is 1. The fraction of sp³-hybridized carbons (Fsp3) is 0.812. The van der Waals surface area contributed by atoms with Crippen LogP contribution in [0.2, 0.25) is 0 Å². The van der Waals surface area contributed by atoms with Crippen molar-refractivity contribution in [2.75, 3.05) is 0 Å². The number of carbonyl (C=O) groups is 1. The molecule has 0 spiro atoms. The maximum atomic E-state index is 11.5. The highest BCUT2D eigenvalue weighted by Gasteiger charge is 2.13. The number of carbonyl (C=O) groups excluding carboxylic acids is 1. The third-order valence-corrected chi connectivity index (χ3v) is 3.49. The first-order valence-electron chi connectivity index (χ1n) is 7.69. The van der Waals surface area contributed by atoms with Crippen LogP contribution in [0.1, 0.15) is 77.6 Å². The van der Waals surface area contributed by atoms with Gasteiger partial charge in [0.1, 0.15) is 6.10 Å². The summed E-state index contributed by atoms with van der Waals surface area (Å²) in [6, 6.07) is 0. The van der Waals surface area contributed by atoms with Crippen LogP contribution < -0.4 is 0 Å². The van der Waals surface area contributed by atoms with Crippen LogP contribution in [0.25, 0.3) is 0 Å². The molecule has 0 saturated carbocycles. The first-order chi connectivity index (χ1) is 8.83. The zero-order valence-corrected chi connectivity index (χ0v) is 11.8. The molecule has 0 fully saturated rings. The van der Waals surface area contributed by atoms with Gasteiger partial charge in [-0.1, -0.05) is 57.9 Å². The fourth-order valence-electron chi connectivity index (χ4n) is 2.33. The average Bonchev–Trinajstić information content (AvgIpc) is 2.85. The SMILES string of the molecule is CCCCCCCCCCC(=O)O[C@H]1C=CCC1. The van der Waals surface area contributed by atoms with Crippen LogP contribution in [-0.2, 0) is 9.53 Å². The van der Waals surface area contributed by atoms with E-state index >= 15 is 0 Å². The predicted octanol–water partition coefficient (Wildman–Crippen LogP) is 4.78. The number of rotatable bonds is 10. The maximum absolute atomic E-state index is 11.5. The molecule has 0 aromatic heterocycles. The van der Waals surface area contributed by atoms with Crippen LogP contribution in [0.5, 0.6) is 0 Å². The van der Waals surface area contributed by atoms with E-state index in [0.29, 0.717) is 6.42 Å². The van der Waals surface area contributed by atoms with Crippen molar-refractivity contribution in [1.82, 2.24) is 0 Å². The summed E-state index contributed by atoms with van der Waals surface area (Å²) in [5.74, 6) is -0.0162. The minimum atomic E-state index is -0.0162. The van der Waals surface area contributed by atoms with E-state index in [2.05, 4.69) is 13.0 Å². The highest BCUT2D eigenvalue weighted by Crippen LogP contribution is 2.15. The molecule has 1 atom stereocenters. The van der Waals surface area contributed by atoms with Gasteiger partial charge in [0.05, 0.1) is 0 Å². The molecule has 0 aromatic rings. The van der Waals surface area contributed by atoms with Crippen molar-refractivity contribution in [2.24, 2.45) is 0 Å². The average molecular weight is 252 g/mol. The van der Waals surface area contributed by atoms with Crippen molar-refractivity contribution < 1.29 is 9.53 Å². The van der Waals surface area contributed by atoms with Gasteiger partial charge in [-0.2, -0.15) is 0 Å². The normalized spacial score (nSPS) is 18.2. The predicted molar refractivity (Wildman–Crippen MR) is 75.5 cm³/mol. The zero-order chi connectivity index (χ0) is 13.1. The summed E-state index contributed by atoms with van der Waals surface area (Å²) in [5, 5.41) is 0. The molecular weight excluding hydrogens is 224 g/mol. The lowest BCUT2D eigenvalue weighted by Crippen LogP contribution is -2.13. The van der Waals surface area contributed by atoms with Crippen molar-refractivity contribution in [3.05, 3.63) is 12.2 Å². The van der Waals surface area contributed by atoms with E-state index in [-0.39, 0.29) is 12.1 Å². The molecule has 0 saturated heterocycles. The van der Waals surface area contributed by atoms with Gasteiger partial charge in [-0.25, -0.2) is 0 Å². The third kappa shape index (κ3) is 7.52. The highest BCUT2D eigenvalue weighted by molar-refractivity contribution is 5.69. The summed E-state index contributed by atoms with van der Waals surface area (Å²) < 4.78 is 5.35. The standard InChI is InChI=1S/C16H28O2/c1-2-3-4-5-6-7-8-9-14-16(17)18-15-12-10-11-13-15/h10,12,15H,2-9,11,13-14H2,1H3/t15-/m0/s1. The molecular formula is C16H28O2. The van der Waals surface area contributed by atoms with Crippen LogP contribution >= 0.6 is 0 Å². The molecule has 1 aliphatic rings. The lowest BCUT2D eigenvalue weighted by Gasteiger charge is -2.09. The summed E-state index contributed by atoms with van der Waals surface area (Å²) in [7, 11) is 0. The van der Waals surface area contributed by atoms with E-state index in [1.165, 1.54) is 44.9 Å². The summed E-state index contributed by atoms with van der Waals surface area (Å²) in [6.07, 6.45) is 16.9. The third-order valence-electron chi connectivity index (χ3n) is 3.49. The van der Waals surface area contributed by atoms with Gasteiger partial charge in [-0.15, -0.1) is 0 Å². The second-order valence-electron chi connectivity index (χ2n) is 5.26. The van der Waals surface area contributed by atoms with Crippen molar-refractivity contribution in [2.45, 2.75) is 83.7 Å². The molecule has 104 valence electrons. The summed E-state index contributed by atoms with van der Waals surface area (Å²) in [6.45, 7) is 2.24. The van der Waals surface area contributed by atoms with E-state index < -0.39 is 0 Å². The summed E-state index contributed by atoms with van der Waals surface area (Å²) >= 11 is 0. The summed E-state index contributed by atoms with van der Waals surface area (Å²) in [5.41, 5.74) is 0. The topological polar surface area (TPSA) is 26.3 Å². The summed E-state index contributed by atoms with van der Waals surface area (Å²) in [4.78, 5) is 11.5. The van der Waals surface area contributed by atoms with Crippen LogP contribution in [0.3, 0.4) is 0 Å². The number of ether oxygens (including phenoxy) is 1. The molecule has 1 aliphatic carbocycles. The first kappa shape index (κ1) is 15.3. The van der Waals surface area contributed by atoms with Crippen LogP contribution in [0.4, 0.5) is 0 Å². The van der Waals surface area contributed by atoms with Gasteiger partial charge in [0.2, 0.25) is 0 Å². The maximum Gasteiger partial charge on any atom is 0.306 e. The van der Waals surface area contributed by atoms with Crippen molar-refractivity contribution in [1.29, 1.82) is 0 Å². The van der Waals surface area contributed by atoms with E-state index in [1.54, 1.807) is 0 Å². The van der Waals surface area contributed by atoms with Gasteiger partial charge >= 0.3 is 5.97 Å². The quantitative estimate of drug-likeness (QED) is 0.318. The molecule has 0 bridgehead atoms. The van der Waals surface area contributed by atoms with Crippen LogP contribution in [-0.4, -0.2) is 12.1 Å². The Hall–Kier alpha value is -0.790. The number of unbranched alkanes of at least 4 members (excludes halogenated alkanes) is 7. The molecule has 2 nitrogen and oxygen atoms in total. The molecule has 0 N–H and O–H groups in total. The van der Waals surface area contributed by atoms with E-state index in [0.717, 1.165) is 19.3 Å². The highest BCUT2D eigenvalue weighted by atomic mass is 16.5. The Balaban J connectivity index is 1.85. The Morgan fingerprint density at radius 2 is 1.78 bits per heavy atom. The molecule has 18 heavy (non-hydrogen) atoms. The Morgan fingerprint density at radius 1 is 1.11 bits per heavy atom. The molecule has 0 aliphatic heterocycles. The minimum Gasteiger partial charge on any atom is -0.458 e. The smallest absolute Gasteiger partial charge is 0.306 e. The van der Waals surface area contributed by atoms with E-state index in [1.807, 2.05) is 6.08 Å². The molecule has 0 radical (unpaired) electrons. The lowest BCUT2D eigenvalue weighted by atomic mass is 10.1. The van der Waals surface area contributed by atoms with Gasteiger partial charge in [0.15, 0.2) is 0 Å². The van der Waals surface area contributed by atoms with Crippen molar-refractivity contribution in [3.8, 4) is 0 Å².